The van der Waals surface area contributed by atoms with Gasteiger partial charge < -0.3 is 23.4 Å². The summed E-state index contributed by atoms with van der Waals surface area (Å²) < 4.78 is 66.7. The largest absolute Gasteiger partial charge is 0.506 e. The first-order valence-electron chi connectivity index (χ1n) is 20.2. The molecule has 3 N–H and O–H groups in total. The first-order valence-corrected chi connectivity index (χ1v) is 23.1. The van der Waals surface area contributed by atoms with E-state index in [1.807, 2.05) is 73.9 Å². The maximum Gasteiger partial charge on any atom is 0.347 e. The molecule has 0 bridgehead atoms. The van der Waals surface area contributed by atoms with Crippen LogP contribution < -0.4 is 20.5 Å². The molecule has 0 amide bonds. The Hall–Kier alpha value is -4.04. The molecule has 4 rings (SSSR count). The monoisotopic (exact) mass is 825 g/mol. The lowest BCUT2D eigenvalue weighted by Crippen LogP contribution is -2.33. The topological polar surface area (TPSA) is 162 Å². The molecule has 2 aliphatic rings. The van der Waals surface area contributed by atoms with Gasteiger partial charge in [-0.05, 0) is 48.7 Å². The van der Waals surface area contributed by atoms with Gasteiger partial charge in [-0.3, -0.25) is 4.55 Å². The zero-order valence-electron chi connectivity index (χ0n) is 34.2. The van der Waals surface area contributed by atoms with Crippen LogP contribution in [-0.2, 0) is 26.6 Å². The summed E-state index contributed by atoms with van der Waals surface area (Å²) in [5.41, 5.74) is 2.07. The predicted octanol–water partition coefficient (Wildman–Crippen LogP) is 8.85. The van der Waals surface area contributed by atoms with Crippen molar-refractivity contribution in [2.75, 3.05) is 42.6 Å². The maximum atomic E-state index is 13.2. The Kier molecular flexibility index (Phi) is 17.3. The molecule has 0 radical (unpaired) electrons. The van der Waals surface area contributed by atoms with E-state index in [2.05, 4.69) is 18.7 Å². The molecule has 312 valence electrons. The number of aromatic hydroxyl groups is 1. The third kappa shape index (κ3) is 14.1. The van der Waals surface area contributed by atoms with Crippen molar-refractivity contribution in [3.63, 3.8) is 0 Å². The van der Waals surface area contributed by atoms with Crippen LogP contribution >= 0.6 is 0 Å². The SMILES string of the molecule is CCCCCCN(CCCCCC)c1ccc2c(O)c(/C=C/C=C/c3cc(C(C)(C)C)oc4cc(=[N+](CCCS(=O)O)CCCS(=O)(=O)O)ccc3-4)c(=O)oc2c1. The fourth-order valence-electron chi connectivity index (χ4n) is 6.76. The fraction of sp³-hybridized carbons (Fsp3) is 0.500. The number of hydrogen-bond acceptors (Lipinski definition) is 8. The molecule has 1 aromatic carbocycles. The van der Waals surface area contributed by atoms with E-state index in [-0.39, 0.29) is 28.9 Å². The van der Waals surface area contributed by atoms with Crippen LogP contribution in [0.2, 0.25) is 0 Å². The van der Waals surface area contributed by atoms with Gasteiger partial charge in [-0.1, -0.05) is 91.4 Å². The average Bonchev–Trinajstić information content (AvgIpc) is 3.14. The highest BCUT2D eigenvalue weighted by Crippen LogP contribution is 2.34. The van der Waals surface area contributed by atoms with Crippen LogP contribution in [0.3, 0.4) is 0 Å². The van der Waals surface area contributed by atoms with E-state index >= 15 is 0 Å². The van der Waals surface area contributed by atoms with Crippen LogP contribution in [0.4, 0.5) is 5.69 Å². The Morgan fingerprint density at radius 3 is 2.14 bits per heavy atom. The van der Waals surface area contributed by atoms with E-state index in [0.717, 1.165) is 53.9 Å². The minimum atomic E-state index is -4.14. The van der Waals surface area contributed by atoms with Crippen molar-refractivity contribution in [3.8, 4) is 17.1 Å². The van der Waals surface area contributed by atoms with Crippen LogP contribution in [0.5, 0.6) is 5.75 Å². The summed E-state index contributed by atoms with van der Waals surface area (Å²) in [6.45, 7) is 13.1. The molecule has 0 saturated carbocycles. The first-order chi connectivity index (χ1) is 27.1. The molecule has 57 heavy (non-hydrogen) atoms. The molecule has 1 aliphatic heterocycles. The predicted molar refractivity (Wildman–Crippen MR) is 233 cm³/mol. The van der Waals surface area contributed by atoms with Crippen molar-refractivity contribution >= 4 is 50.0 Å². The van der Waals surface area contributed by atoms with Crippen LogP contribution in [-0.4, -0.2) is 64.5 Å². The third-order valence-electron chi connectivity index (χ3n) is 9.94. The Bertz CT molecular complexity index is 2220. The second-order valence-electron chi connectivity index (χ2n) is 15.7. The van der Waals surface area contributed by atoms with Gasteiger partial charge in [0.1, 0.15) is 41.5 Å². The quantitative estimate of drug-likeness (QED) is 0.0174. The summed E-state index contributed by atoms with van der Waals surface area (Å²) in [5, 5.41) is 12.5. The van der Waals surface area contributed by atoms with Crippen LogP contribution in [0.15, 0.2) is 68.2 Å². The molecule has 0 fully saturated rings. The smallest absolute Gasteiger partial charge is 0.347 e. The number of allylic oxidation sites excluding steroid dienone is 2. The number of hydrogen-bond donors (Lipinski definition) is 3. The second kappa shape index (κ2) is 21.6. The van der Waals surface area contributed by atoms with E-state index in [9.17, 15) is 31.6 Å². The Labute approximate surface area is 340 Å². The number of benzene rings is 2. The van der Waals surface area contributed by atoms with Crippen LogP contribution in [0.1, 0.15) is 116 Å². The summed E-state index contributed by atoms with van der Waals surface area (Å²) in [4.78, 5) is 15.6. The standard InChI is InChI=1S/C44H60N2O9S2/c1-6-8-10-14-24-45(25-15-11-9-7-2)35-21-23-37-40(32-35)55-43(48)38(42(37)47)19-13-12-18-33-30-41(44(3,4)5)54-39-31-34(20-22-36(33)39)46(26-16-28-56(49)50)27-17-29-57(51,52)53/h12-13,18-23,30-32H,6-11,14-17,24-29H2,1-5H3,(H2,49,50,51,52,53)/p+1. The minimum Gasteiger partial charge on any atom is -0.506 e. The lowest BCUT2D eigenvalue weighted by Gasteiger charge is -2.25. The summed E-state index contributed by atoms with van der Waals surface area (Å²) >= 11 is -1.96. The highest BCUT2D eigenvalue weighted by atomic mass is 32.2. The zero-order valence-corrected chi connectivity index (χ0v) is 35.8. The van der Waals surface area contributed by atoms with Gasteiger partial charge in [-0.2, -0.15) is 8.42 Å². The third-order valence-corrected chi connectivity index (χ3v) is 11.4. The minimum absolute atomic E-state index is 0.0583. The highest BCUT2D eigenvalue weighted by Gasteiger charge is 2.22. The number of nitrogens with zero attached hydrogens (tertiary/aromatic N) is 2. The molecule has 1 aromatic heterocycles. The number of fused-ring (bicyclic) bond motifs is 2. The molecule has 1 atom stereocenters. The maximum absolute atomic E-state index is 13.2. The molecule has 13 heteroatoms. The van der Waals surface area contributed by atoms with E-state index in [0.29, 0.717) is 36.2 Å². The molecule has 1 aliphatic carbocycles. The van der Waals surface area contributed by atoms with Crippen molar-refractivity contribution in [1.82, 2.24) is 4.58 Å². The summed E-state index contributed by atoms with van der Waals surface area (Å²) in [6.07, 6.45) is 16.8. The van der Waals surface area contributed by atoms with Crippen LogP contribution in [0.25, 0.3) is 34.4 Å². The summed E-state index contributed by atoms with van der Waals surface area (Å²) in [5.74, 6) is 0.841. The lowest BCUT2D eigenvalue weighted by molar-refractivity contribution is 0.404. The van der Waals surface area contributed by atoms with Crippen molar-refractivity contribution in [1.29, 1.82) is 0 Å². The molecule has 11 nitrogen and oxygen atoms in total. The molecule has 2 aromatic rings. The van der Waals surface area contributed by atoms with Gasteiger partial charge >= 0.3 is 5.63 Å². The number of rotatable bonds is 22. The molecule has 1 unspecified atom stereocenters. The molecule has 2 heterocycles. The number of anilines is 1. The van der Waals surface area contributed by atoms with Crippen molar-refractivity contribution in [2.24, 2.45) is 0 Å². The van der Waals surface area contributed by atoms with Gasteiger partial charge in [-0.15, -0.1) is 0 Å². The first kappa shape index (κ1) is 45.7. The number of unbranched alkanes of at least 4 members (excludes halogenated alkanes) is 6. The van der Waals surface area contributed by atoms with Gasteiger partial charge in [-0.25, -0.2) is 13.6 Å². The van der Waals surface area contributed by atoms with Gasteiger partial charge in [0.25, 0.3) is 10.1 Å². The zero-order chi connectivity index (χ0) is 41.6. The van der Waals surface area contributed by atoms with Gasteiger partial charge in [0.15, 0.2) is 11.1 Å². The molecule has 0 saturated heterocycles. The van der Waals surface area contributed by atoms with Crippen molar-refractivity contribution < 1.29 is 35.7 Å². The molecular weight excluding hydrogens is 765 g/mol. The summed E-state index contributed by atoms with van der Waals surface area (Å²) in [6, 6.07) is 13.3. The van der Waals surface area contributed by atoms with E-state index in [4.69, 9.17) is 8.83 Å². The molecule has 0 spiro atoms. The summed E-state index contributed by atoms with van der Waals surface area (Å²) in [7, 11) is -4.14. The Balaban J connectivity index is 1.65. The van der Waals surface area contributed by atoms with Gasteiger partial charge in [0.05, 0.1) is 23.0 Å². The van der Waals surface area contributed by atoms with Crippen molar-refractivity contribution in [2.45, 2.75) is 104 Å². The van der Waals surface area contributed by atoms with E-state index in [1.165, 1.54) is 38.5 Å². The fourth-order valence-corrected chi connectivity index (χ4v) is 7.63. The average molecular weight is 826 g/mol. The normalized spacial score (nSPS) is 13.7. The van der Waals surface area contributed by atoms with Crippen LogP contribution in [0, 0.1) is 0 Å². The second-order valence-corrected chi connectivity index (χ2v) is 18.3. The van der Waals surface area contributed by atoms with E-state index < -0.39 is 32.6 Å². The Morgan fingerprint density at radius 2 is 1.51 bits per heavy atom. The highest BCUT2D eigenvalue weighted by molar-refractivity contribution is 7.85. The van der Waals surface area contributed by atoms with E-state index in [1.54, 1.807) is 18.2 Å². The molecular formula is C44H61N2O9S2+. The lowest BCUT2D eigenvalue weighted by atomic mass is 9.90. The van der Waals surface area contributed by atoms with Gasteiger partial charge in [0, 0.05) is 54.7 Å². The van der Waals surface area contributed by atoms with Gasteiger partial charge in [0.2, 0.25) is 5.36 Å². The van der Waals surface area contributed by atoms with Crippen molar-refractivity contribution in [3.05, 3.63) is 87.3 Å². The Morgan fingerprint density at radius 1 is 0.842 bits per heavy atom.